The summed E-state index contributed by atoms with van der Waals surface area (Å²) in [4.78, 5) is 35.2. The smallest absolute Gasteiger partial charge is 0.315 e. The van der Waals surface area contributed by atoms with Crippen LogP contribution in [-0.4, -0.2) is 37.5 Å². The van der Waals surface area contributed by atoms with Crippen LogP contribution in [0.4, 0.5) is 16.2 Å². The van der Waals surface area contributed by atoms with E-state index >= 15 is 0 Å². The molecule has 154 valence electrons. The van der Waals surface area contributed by atoms with E-state index in [-0.39, 0.29) is 30.3 Å². The number of hydrogen-bond acceptors (Lipinski definition) is 4. The standard InChI is InChI=1S/C20H30N4O4/c1-14(25)22-17-13-16(10-11-18(17)28-2)23-19(26)9-6-12-21-20(27)24-15-7-4-3-5-8-15/h10-11,13,15H,3-9,12H2,1-2H3,(H,22,25)(H,23,26)(H2,21,24,27). The molecule has 1 aliphatic rings. The zero-order valence-corrected chi connectivity index (χ0v) is 16.6. The van der Waals surface area contributed by atoms with Crippen LogP contribution in [0.15, 0.2) is 18.2 Å². The third-order valence-corrected chi connectivity index (χ3v) is 4.60. The van der Waals surface area contributed by atoms with Crippen LogP contribution in [0.2, 0.25) is 0 Å². The molecule has 0 radical (unpaired) electrons. The van der Waals surface area contributed by atoms with Crippen molar-refractivity contribution in [3.8, 4) is 5.75 Å². The Bertz CT molecular complexity index is 687. The van der Waals surface area contributed by atoms with E-state index in [4.69, 9.17) is 4.74 Å². The number of nitrogens with one attached hydrogen (secondary N) is 4. The molecule has 0 atom stereocenters. The normalized spacial score (nSPS) is 14.1. The molecule has 0 aliphatic heterocycles. The van der Waals surface area contributed by atoms with Gasteiger partial charge in [0.25, 0.3) is 0 Å². The highest BCUT2D eigenvalue weighted by Crippen LogP contribution is 2.27. The van der Waals surface area contributed by atoms with Gasteiger partial charge in [-0.2, -0.15) is 0 Å². The second-order valence-corrected chi connectivity index (χ2v) is 6.98. The summed E-state index contributed by atoms with van der Waals surface area (Å²) in [5.41, 5.74) is 1.06. The highest BCUT2D eigenvalue weighted by atomic mass is 16.5. The molecule has 1 aromatic rings. The van der Waals surface area contributed by atoms with Gasteiger partial charge >= 0.3 is 6.03 Å². The number of rotatable bonds is 8. The maximum absolute atomic E-state index is 12.1. The first-order valence-corrected chi connectivity index (χ1v) is 9.78. The van der Waals surface area contributed by atoms with E-state index in [0.717, 1.165) is 12.8 Å². The molecular formula is C20H30N4O4. The summed E-state index contributed by atoms with van der Waals surface area (Å²) in [6.07, 6.45) is 6.48. The van der Waals surface area contributed by atoms with Crippen LogP contribution in [0.5, 0.6) is 5.75 Å². The lowest BCUT2D eigenvalue weighted by atomic mass is 9.96. The zero-order valence-electron chi connectivity index (χ0n) is 16.6. The van der Waals surface area contributed by atoms with Crippen LogP contribution < -0.4 is 26.0 Å². The minimum Gasteiger partial charge on any atom is -0.495 e. The minimum absolute atomic E-state index is 0.159. The van der Waals surface area contributed by atoms with Crippen LogP contribution in [0.25, 0.3) is 0 Å². The SMILES string of the molecule is COc1ccc(NC(=O)CCCNC(=O)NC2CCCCC2)cc1NC(C)=O. The quantitative estimate of drug-likeness (QED) is 0.512. The predicted octanol–water partition coefficient (Wildman–Crippen LogP) is 3.00. The van der Waals surface area contributed by atoms with Crippen LogP contribution in [0.3, 0.4) is 0 Å². The molecule has 0 spiro atoms. The number of benzene rings is 1. The van der Waals surface area contributed by atoms with Crippen LogP contribution in [-0.2, 0) is 9.59 Å². The number of carbonyl (C=O) groups is 3. The van der Waals surface area contributed by atoms with Crippen molar-refractivity contribution >= 4 is 29.2 Å². The molecular weight excluding hydrogens is 360 g/mol. The van der Waals surface area contributed by atoms with E-state index in [2.05, 4.69) is 21.3 Å². The number of urea groups is 1. The van der Waals surface area contributed by atoms with Crippen molar-refractivity contribution in [1.82, 2.24) is 10.6 Å². The molecule has 28 heavy (non-hydrogen) atoms. The van der Waals surface area contributed by atoms with Gasteiger partial charge in [0, 0.05) is 31.6 Å². The Labute approximate surface area is 165 Å². The fourth-order valence-corrected chi connectivity index (χ4v) is 3.23. The lowest BCUT2D eigenvalue weighted by Crippen LogP contribution is -2.43. The van der Waals surface area contributed by atoms with Gasteiger partial charge < -0.3 is 26.0 Å². The molecule has 4 N–H and O–H groups in total. The zero-order chi connectivity index (χ0) is 20.4. The molecule has 0 bridgehead atoms. The second-order valence-electron chi connectivity index (χ2n) is 6.98. The number of ether oxygens (including phenoxy) is 1. The lowest BCUT2D eigenvalue weighted by molar-refractivity contribution is -0.116. The summed E-state index contributed by atoms with van der Waals surface area (Å²) in [5, 5.41) is 11.2. The molecule has 0 heterocycles. The Morgan fingerprint density at radius 2 is 1.86 bits per heavy atom. The van der Waals surface area contributed by atoms with Crippen molar-refractivity contribution in [2.75, 3.05) is 24.3 Å². The topological polar surface area (TPSA) is 109 Å². The molecule has 1 aromatic carbocycles. The Morgan fingerprint density at radius 3 is 2.54 bits per heavy atom. The highest BCUT2D eigenvalue weighted by molar-refractivity contribution is 5.94. The molecule has 2 rings (SSSR count). The van der Waals surface area contributed by atoms with Gasteiger partial charge in [-0.1, -0.05) is 19.3 Å². The number of anilines is 2. The van der Waals surface area contributed by atoms with Crippen LogP contribution >= 0.6 is 0 Å². The maximum atomic E-state index is 12.1. The summed E-state index contributed by atoms with van der Waals surface area (Å²) >= 11 is 0. The molecule has 1 fully saturated rings. The van der Waals surface area contributed by atoms with Gasteiger partial charge in [0.15, 0.2) is 0 Å². The van der Waals surface area contributed by atoms with E-state index in [1.807, 2.05) is 0 Å². The van der Waals surface area contributed by atoms with Crippen LogP contribution in [0.1, 0.15) is 51.9 Å². The van der Waals surface area contributed by atoms with E-state index in [0.29, 0.717) is 30.1 Å². The summed E-state index contributed by atoms with van der Waals surface area (Å²) < 4.78 is 5.19. The second kappa shape index (κ2) is 11.2. The largest absolute Gasteiger partial charge is 0.495 e. The Balaban J connectivity index is 1.70. The van der Waals surface area contributed by atoms with Crippen molar-refractivity contribution in [2.24, 2.45) is 0 Å². The first kappa shape index (κ1) is 21.5. The summed E-state index contributed by atoms with van der Waals surface area (Å²) in [5.74, 6) is 0.133. The Hall–Kier alpha value is -2.77. The first-order chi connectivity index (χ1) is 13.5. The van der Waals surface area contributed by atoms with Gasteiger partial charge in [-0.05, 0) is 37.5 Å². The fourth-order valence-electron chi connectivity index (χ4n) is 3.23. The molecule has 0 unspecified atom stereocenters. The third kappa shape index (κ3) is 7.46. The molecule has 8 heteroatoms. The fraction of sp³-hybridized carbons (Fsp3) is 0.550. The van der Waals surface area contributed by atoms with Crippen molar-refractivity contribution in [1.29, 1.82) is 0 Å². The summed E-state index contributed by atoms with van der Waals surface area (Å²) in [6.45, 7) is 1.84. The molecule has 0 saturated heterocycles. The molecule has 1 saturated carbocycles. The van der Waals surface area contributed by atoms with Crippen molar-refractivity contribution in [3.05, 3.63) is 18.2 Å². The van der Waals surface area contributed by atoms with E-state index in [9.17, 15) is 14.4 Å². The van der Waals surface area contributed by atoms with Crippen molar-refractivity contribution in [3.63, 3.8) is 0 Å². The van der Waals surface area contributed by atoms with Gasteiger partial charge in [0.1, 0.15) is 5.75 Å². The van der Waals surface area contributed by atoms with Gasteiger partial charge in [0.2, 0.25) is 11.8 Å². The molecule has 8 nitrogen and oxygen atoms in total. The monoisotopic (exact) mass is 390 g/mol. The number of methoxy groups -OCH3 is 1. The highest BCUT2D eigenvalue weighted by Gasteiger charge is 2.15. The van der Waals surface area contributed by atoms with E-state index in [1.165, 1.54) is 33.3 Å². The summed E-state index contributed by atoms with van der Waals surface area (Å²) in [7, 11) is 1.51. The average Bonchev–Trinajstić information content (AvgIpc) is 2.66. The van der Waals surface area contributed by atoms with Crippen LogP contribution in [0, 0.1) is 0 Å². The Kier molecular flexibility index (Phi) is 8.58. The molecule has 0 aromatic heterocycles. The maximum Gasteiger partial charge on any atom is 0.315 e. The van der Waals surface area contributed by atoms with Gasteiger partial charge in [-0.25, -0.2) is 4.79 Å². The predicted molar refractivity (Wildman–Crippen MR) is 109 cm³/mol. The first-order valence-electron chi connectivity index (χ1n) is 9.78. The number of amides is 4. The Morgan fingerprint density at radius 1 is 1.11 bits per heavy atom. The van der Waals surface area contributed by atoms with Crippen molar-refractivity contribution in [2.45, 2.75) is 57.9 Å². The molecule has 4 amide bonds. The van der Waals surface area contributed by atoms with Gasteiger partial charge in [-0.15, -0.1) is 0 Å². The van der Waals surface area contributed by atoms with Gasteiger partial charge in [0.05, 0.1) is 12.8 Å². The number of carbonyl (C=O) groups excluding carboxylic acids is 3. The summed E-state index contributed by atoms with van der Waals surface area (Å²) in [6, 6.07) is 5.14. The van der Waals surface area contributed by atoms with E-state index < -0.39 is 0 Å². The average molecular weight is 390 g/mol. The number of hydrogen-bond donors (Lipinski definition) is 4. The third-order valence-electron chi connectivity index (χ3n) is 4.60. The van der Waals surface area contributed by atoms with Crippen molar-refractivity contribution < 1.29 is 19.1 Å². The minimum atomic E-state index is -0.223. The van der Waals surface area contributed by atoms with Gasteiger partial charge in [-0.3, -0.25) is 9.59 Å². The molecule has 1 aliphatic carbocycles. The van der Waals surface area contributed by atoms with E-state index in [1.54, 1.807) is 18.2 Å². The lowest BCUT2D eigenvalue weighted by Gasteiger charge is -2.22.